The number of rotatable bonds is 5. The van der Waals surface area contributed by atoms with Crippen LogP contribution in [0.3, 0.4) is 0 Å². The van der Waals surface area contributed by atoms with E-state index in [1.54, 1.807) is 0 Å². The maximum Gasteiger partial charge on any atom is 0.326 e. The Morgan fingerprint density at radius 2 is 2.11 bits per heavy atom. The largest absolute Gasteiger partial charge is 0.480 e. The average Bonchev–Trinajstić information content (AvgIpc) is 2.28. The number of hydrogen-bond donors (Lipinski definition) is 4. The highest BCUT2D eigenvalue weighted by atomic mass is 16.4. The van der Waals surface area contributed by atoms with Crippen LogP contribution >= 0.6 is 0 Å². The maximum absolute atomic E-state index is 11.4. The summed E-state index contributed by atoms with van der Waals surface area (Å²) in [5, 5.41) is 19.8. The predicted octanol–water partition coefficient (Wildman–Crippen LogP) is -1.68. The van der Waals surface area contributed by atoms with Crippen LogP contribution in [0.2, 0.25) is 0 Å². The number of nitrogens with two attached hydrogens (primary N) is 1. The molecule has 0 aliphatic rings. The number of aromatic nitrogens is 3. The number of hydrogen-bond acceptors (Lipinski definition) is 6. The Bertz CT molecular complexity index is 450. The van der Waals surface area contributed by atoms with Crippen molar-refractivity contribution in [1.82, 2.24) is 20.5 Å². The van der Waals surface area contributed by atoms with Gasteiger partial charge in [0.1, 0.15) is 6.04 Å². The fourth-order valence-corrected chi connectivity index (χ4v) is 1.00. The lowest BCUT2D eigenvalue weighted by Crippen LogP contribution is -2.45. The second kappa shape index (κ2) is 6.08. The molecule has 0 unspecified atom stereocenters. The van der Waals surface area contributed by atoms with E-state index >= 15 is 0 Å². The van der Waals surface area contributed by atoms with Gasteiger partial charge in [-0.2, -0.15) is 5.10 Å². The molecule has 1 heterocycles. The van der Waals surface area contributed by atoms with Crippen LogP contribution in [0.4, 0.5) is 10.7 Å². The van der Waals surface area contributed by atoms with Gasteiger partial charge in [0.2, 0.25) is 5.91 Å². The molecule has 0 saturated carbocycles. The topological polar surface area (TPSA) is 160 Å². The van der Waals surface area contributed by atoms with Crippen LogP contribution in [0.1, 0.15) is 6.42 Å². The molecule has 0 aromatic carbocycles. The molecule has 1 aromatic rings. The van der Waals surface area contributed by atoms with Crippen molar-refractivity contribution in [2.45, 2.75) is 12.5 Å². The standard InChI is InChI=1S/C8H10N6O4/c9-5(15)3-4(6(16)17)12-8(18)13-7-10-1-2-11-14-7/h1-2,4H,3H2,(H2,9,15)(H,16,17)(H2,10,12,13,14,18)/t4-/m1/s1. The van der Waals surface area contributed by atoms with E-state index < -0.39 is 30.4 Å². The van der Waals surface area contributed by atoms with Crippen molar-refractivity contribution in [1.29, 1.82) is 0 Å². The first-order chi connectivity index (χ1) is 8.49. The summed E-state index contributed by atoms with van der Waals surface area (Å²) in [6, 6.07) is -2.30. The van der Waals surface area contributed by atoms with E-state index in [2.05, 4.69) is 20.5 Å². The smallest absolute Gasteiger partial charge is 0.326 e. The van der Waals surface area contributed by atoms with Gasteiger partial charge in [-0.15, -0.1) is 5.10 Å². The molecule has 0 spiro atoms. The van der Waals surface area contributed by atoms with Crippen molar-refractivity contribution < 1.29 is 19.5 Å². The molecule has 0 aliphatic carbocycles. The number of carboxylic acids is 1. The van der Waals surface area contributed by atoms with Gasteiger partial charge in [0.25, 0.3) is 5.95 Å². The highest BCUT2D eigenvalue weighted by molar-refractivity contribution is 5.92. The molecule has 10 nitrogen and oxygen atoms in total. The number of aliphatic carboxylic acids is 1. The van der Waals surface area contributed by atoms with Crippen LogP contribution in [0.5, 0.6) is 0 Å². The maximum atomic E-state index is 11.4. The second-order valence-electron chi connectivity index (χ2n) is 3.13. The van der Waals surface area contributed by atoms with Crippen molar-refractivity contribution in [3.63, 3.8) is 0 Å². The minimum Gasteiger partial charge on any atom is -0.480 e. The van der Waals surface area contributed by atoms with Gasteiger partial charge in [-0.3, -0.25) is 10.1 Å². The molecule has 0 radical (unpaired) electrons. The van der Waals surface area contributed by atoms with Crippen LogP contribution in [0, 0.1) is 0 Å². The van der Waals surface area contributed by atoms with Crippen LogP contribution in [-0.2, 0) is 9.59 Å². The summed E-state index contributed by atoms with van der Waals surface area (Å²) < 4.78 is 0. The lowest BCUT2D eigenvalue weighted by molar-refractivity contribution is -0.140. The highest BCUT2D eigenvalue weighted by Gasteiger charge is 2.22. The number of nitrogens with one attached hydrogen (secondary N) is 2. The zero-order valence-corrected chi connectivity index (χ0v) is 9.03. The lowest BCUT2D eigenvalue weighted by atomic mass is 10.2. The first kappa shape index (κ1) is 13.3. The Morgan fingerprint density at radius 1 is 1.39 bits per heavy atom. The van der Waals surface area contributed by atoms with Crippen molar-refractivity contribution in [3.8, 4) is 0 Å². The fraction of sp³-hybridized carbons (Fsp3) is 0.250. The summed E-state index contributed by atoms with van der Waals surface area (Å²) in [4.78, 5) is 36.3. The van der Waals surface area contributed by atoms with Crippen molar-refractivity contribution >= 4 is 23.9 Å². The molecule has 18 heavy (non-hydrogen) atoms. The second-order valence-corrected chi connectivity index (χ2v) is 3.13. The molecule has 1 aromatic heterocycles. The number of anilines is 1. The number of carbonyl (C=O) groups is 3. The van der Waals surface area contributed by atoms with Crippen molar-refractivity contribution in [3.05, 3.63) is 12.4 Å². The molecule has 1 atom stereocenters. The first-order valence-electron chi connectivity index (χ1n) is 4.71. The molecule has 5 N–H and O–H groups in total. The van der Waals surface area contributed by atoms with Gasteiger partial charge in [0, 0.05) is 0 Å². The number of carbonyl (C=O) groups excluding carboxylic acids is 2. The summed E-state index contributed by atoms with van der Waals surface area (Å²) in [7, 11) is 0. The van der Waals surface area contributed by atoms with Crippen molar-refractivity contribution in [2.24, 2.45) is 5.73 Å². The van der Waals surface area contributed by atoms with E-state index in [1.807, 2.05) is 5.32 Å². The van der Waals surface area contributed by atoms with Crippen molar-refractivity contribution in [2.75, 3.05) is 5.32 Å². The van der Waals surface area contributed by atoms with Gasteiger partial charge < -0.3 is 16.2 Å². The molecule has 0 aliphatic heterocycles. The van der Waals surface area contributed by atoms with Crippen LogP contribution in [0.25, 0.3) is 0 Å². The van der Waals surface area contributed by atoms with E-state index in [4.69, 9.17) is 10.8 Å². The molecule has 0 saturated heterocycles. The summed E-state index contributed by atoms with van der Waals surface area (Å²) in [6.07, 6.45) is 2.08. The van der Waals surface area contributed by atoms with Gasteiger partial charge >= 0.3 is 12.0 Å². The zero-order chi connectivity index (χ0) is 13.5. The fourth-order valence-electron chi connectivity index (χ4n) is 1.00. The number of nitrogens with zero attached hydrogens (tertiary/aromatic N) is 3. The quantitative estimate of drug-likeness (QED) is 0.488. The third kappa shape index (κ3) is 4.38. The molecular weight excluding hydrogens is 244 g/mol. The molecule has 0 bridgehead atoms. The summed E-state index contributed by atoms with van der Waals surface area (Å²) in [5.74, 6) is -2.32. The summed E-state index contributed by atoms with van der Waals surface area (Å²) in [5.41, 5.74) is 4.85. The van der Waals surface area contributed by atoms with Gasteiger partial charge in [-0.1, -0.05) is 0 Å². The molecule has 0 fully saturated rings. The Balaban J connectivity index is 2.56. The Morgan fingerprint density at radius 3 is 2.61 bits per heavy atom. The molecule has 10 heteroatoms. The number of urea groups is 1. The normalized spacial score (nSPS) is 11.3. The Kier molecular flexibility index (Phi) is 4.49. The van der Waals surface area contributed by atoms with Crippen LogP contribution in [-0.4, -0.2) is 44.2 Å². The highest BCUT2D eigenvalue weighted by Crippen LogP contribution is 1.95. The Labute approximate surface area is 101 Å². The van der Waals surface area contributed by atoms with Gasteiger partial charge in [0.15, 0.2) is 0 Å². The molecule has 3 amide bonds. The lowest BCUT2D eigenvalue weighted by Gasteiger charge is -2.12. The third-order valence-electron chi connectivity index (χ3n) is 1.72. The first-order valence-corrected chi connectivity index (χ1v) is 4.71. The SMILES string of the molecule is NC(=O)C[C@@H](NC(=O)Nc1nccnn1)C(=O)O. The third-order valence-corrected chi connectivity index (χ3v) is 1.72. The van der Waals surface area contributed by atoms with E-state index in [-0.39, 0.29) is 5.95 Å². The summed E-state index contributed by atoms with van der Waals surface area (Å²) in [6.45, 7) is 0. The molecule has 96 valence electrons. The Hall–Kier alpha value is -2.78. The predicted molar refractivity (Wildman–Crippen MR) is 57.2 cm³/mol. The number of amides is 3. The van der Waals surface area contributed by atoms with E-state index in [9.17, 15) is 14.4 Å². The average molecular weight is 254 g/mol. The molecular formula is C8H10N6O4. The molecule has 1 rings (SSSR count). The number of carboxylic acid groups (broad SMARTS) is 1. The van der Waals surface area contributed by atoms with Gasteiger partial charge in [0.05, 0.1) is 18.8 Å². The summed E-state index contributed by atoms with van der Waals surface area (Å²) >= 11 is 0. The van der Waals surface area contributed by atoms with Crippen LogP contribution in [0.15, 0.2) is 12.4 Å². The van der Waals surface area contributed by atoms with Crippen LogP contribution < -0.4 is 16.4 Å². The monoisotopic (exact) mass is 254 g/mol. The van der Waals surface area contributed by atoms with Gasteiger partial charge in [-0.25, -0.2) is 14.6 Å². The minimum atomic E-state index is -1.42. The van der Waals surface area contributed by atoms with E-state index in [0.29, 0.717) is 0 Å². The zero-order valence-electron chi connectivity index (χ0n) is 9.03. The van der Waals surface area contributed by atoms with E-state index in [0.717, 1.165) is 0 Å². The van der Waals surface area contributed by atoms with Gasteiger partial charge in [-0.05, 0) is 0 Å². The number of primary amides is 1. The minimum absolute atomic E-state index is 0.0989. The van der Waals surface area contributed by atoms with E-state index in [1.165, 1.54) is 12.4 Å².